The lowest BCUT2D eigenvalue weighted by molar-refractivity contribution is -0.137. The average Bonchev–Trinajstić information content (AvgIpc) is 3.26. The molecule has 0 radical (unpaired) electrons. The largest absolute Gasteiger partial charge is 0.416 e. The molecule has 186 valence electrons. The fourth-order valence-corrected chi connectivity index (χ4v) is 4.69. The van der Waals surface area contributed by atoms with Crippen LogP contribution in [0.5, 0.6) is 5.75 Å². The summed E-state index contributed by atoms with van der Waals surface area (Å²) < 4.78 is 75.6. The van der Waals surface area contributed by atoms with E-state index in [1.54, 1.807) is 23.1 Å². The van der Waals surface area contributed by atoms with E-state index in [1.165, 1.54) is 6.07 Å². The van der Waals surface area contributed by atoms with Crippen LogP contribution in [-0.4, -0.2) is 38.5 Å². The second kappa shape index (κ2) is 10.8. The molecule has 1 saturated heterocycles. The van der Waals surface area contributed by atoms with Crippen LogP contribution in [0.3, 0.4) is 0 Å². The first kappa shape index (κ1) is 26.0. The number of amides is 1. The Balaban J connectivity index is 1.85. The van der Waals surface area contributed by atoms with Crippen LogP contribution in [0.15, 0.2) is 53.4 Å². The monoisotopic (exact) mass is 499 g/mol. The maximum absolute atomic E-state index is 13.0. The lowest BCUT2D eigenvalue weighted by Gasteiger charge is -2.27. The highest BCUT2D eigenvalue weighted by Crippen LogP contribution is 2.32. The maximum atomic E-state index is 13.0. The van der Waals surface area contributed by atoms with Gasteiger partial charge in [-0.3, -0.25) is 4.79 Å². The lowest BCUT2D eigenvalue weighted by atomic mass is 10.1. The highest BCUT2D eigenvalue weighted by molar-refractivity contribution is 7.87. The Kier molecular flexibility index (Phi) is 8.25. The Labute approximate surface area is 197 Å². The van der Waals surface area contributed by atoms with Gasteiger partial charge in [0.1, 0.15) is 10.6 Å². The Morgan fingerprint density at radius 2 is 1.91 bits per heavy atom. The van der Waals surface area contributed by atoms with Crippen molar-refractivity contribution in [3.63, 3.8) is 0 Å². The number of alkyl halides is 3. The molecule has 1 fully saturated rings. The third-order valence-corrected chi connectivity index (χ3v) is 6.60. The Bertz CT molecular complexity index is 1100. The lowest BCUT2D eigenvalue weighted by Crippen LogP contribution is -2.37. The third kappa shape index (κ3) is 6.96. The molecule has 1 amide bonds. The van der Waals surface area contributed by atoms with Crippen LogP contribution < -0.4 is 4.18 Å². The molecule has 0 N–H and O–H groups in total. The van der Waals surface area contributed by atoms with Crippen LogP contribution in [0.2, 0.25) is 0 Å². The number of carbonyl (C=O) groups is 1. The zero-order valence-corrected chi connectivity index (χ0v) is 19.9. The first-order valence-corrected chi connectivity index (χ1v) is 12.5. The quantitative estimate of drug-likeness (QED) is 0.453. The zero-order chi connectivity index (χ0) is 24.9. The molecule has 0 spiro atoms. The first-order chi connectivity index (χ1) is 16.0. The average molecular weight is 500 g/mol. The van der Waals surface area contributed by atoms with Gasteiger partial charge in [-0.1, -0.05) is 38.1 Å². The smallest absolute Gasteiger partial charge is 0.379 e. The number of hydrogen-bond acceptors (Lipinski definition) is 5. The van der Waals surface area contributed by atoms with E-state index in [2.05, 4.69) is 0 Å². The summed E-state index contributed by atoms with van der Waals surface area (Å²) in [5.41, 5.74) is -0.666. The maximum Gasteiger partial charge on any atom is 0.416 e. The number of hydrogen-bond donors (Lipinski definition) is 0. The summed E-state index contributed by atoms with van der Waals surface area (Å²) in [5, 5.41) is 0. The summed E-state index contributed by atoms with van der Waals surface area (Å²) in [4.78, 5) is 13.9. The van der Waals surface area contributed by atoms with E-state index in [0.717, 1.165) is 31.0 Å². The minimum Gasteiger partial charge on any atom is -0.379 e. The van der Waals surface area contributed by atoms with Crippen LogP contribution in [0.1, 0.15) is 44.2 Å². The van der Waals surface area contributed by atoms with Crippen LogP contribution >= 0.6 is 0 Å². The van der Waals surface area contributed by atoms with Crippen molar-refractivity contribution in [2.45, 2.75) is 56.8 Å². The predicted octanol–water partition coefficient (Wildman–Crippen LogP) is 5.03. The number of halogens is 3. The Hall–Kier alpha value is -2.59. The van der Waals surface area contributed by atoms with Gasteiger partial charge in [0.25, 0.3) is 0 Å². The molecule has 0 saturated carbocycles. The van der Waals surface area contributed by atoms with Gasteiger partial charge in [-0.05, 0) is 43.0 Å². The number of benzene rings is 2. The SMILES string of the molecule is CC(C)CC(=O)N(Cc1ccccc1OS(=O)(=O)c1cccc(C(F)(F)F)c1)C[C@H]1CCCO1. The van der Waals surface area contributed by atoms with E-state index in [9.17, 15) is 26.4 Å². The number of nitrogens with zero attached hydrogens (tertiary/aromatic N) is 1. The fourth-order valence-electron chi connectivity index (χ4n) is 3.68. The standard InChI is InChI=1S/C24H28F3NO5S/c1-17(2)13-23(29)28(16-20-9-6-12-32-20)15-18-7-3-4-11-22(18)33-34(30,31)21-10-5-8-19(14-21)24(25,26)27/h3-5,7-8,10-11,14,17,20H,6,9,12-13,15-16H2,1-2H3/t20-/m1/s1. The highest BCUT2D eigenvalue weighted by atomic mass is 32.2. The summed E-state index contributed by atoms with van der Waals surface area (Å²) in [5.74, 6) is -0.0112. The van der Waals surface area contributed by atoms with Crippen molar-refractivity contribution < 1.29 is 35.3 Å². The molecule has 34 heavy (non-hydrogen) atoms. The van der Waals surface area contributed by atoms with Crippen molar-refractivity contribution in [1.29, 1.82) is 0 Å². The highest BCUT2D eigenvalue weighted by Gasteiger charge is 2.32. The molecule has 0 aliphatic carbocycles. The third-order valence-electron chi connectivity index (χ3n) is 5.37. The normalized spacial score (nSPS) is 16.6. The van der Waals surface area contributed by atoms with Crippen LogP contribution in [-0.2, 0) is 32.4 Å². The molecule has 2 aromatic carbocycles. The first-order valence-electron chi connectivity index (χ1n) is 11.0. The predicted molar refractivity (Wildman–Crippen MR) is 120 cm³/mol. The molecule has 1 aliphatic rings. The van der Waals surface area contributed by atoms with Crippen molar-refractivity contribution in [3.8, 4) is 5.75 Å². The Morgan fingerprint density at radius 3 is 2.56 bits per heavy atom. The number of rotatable bonds is 9. The topological polar surface area (TPSA) is 72.9 Å². The number of para-hydroxylation sites is 1. The molecular formula is C24H28F3NO5S. The number of carbonyl (C=O) groups excluding carboxylic acids is 1. The van der Waals surface area contributed by atoms with Gasteiger partial charge in [0.15, 0.2) is 0 Å². The van der Waals surface area contributed by atoms with Gasteiger partial charge in [0.2, 0.25) is 5.91 Å². The zero-order valence-electron chi connectivity index (χ0n) is 19.0. The van der Waals surface area contributed by atoms with Crippen molar-refractivity contribution in [2.75, 3.05) is 13.2 Å². The van der Waals surface area contributed by atoms with Crippen molar-refractivity contribution in [2.24, 2.45) is 5.92 Å². The molecule has 1 heterocycles. The second-order valence-electron chi connectivity index (χ2n) is 8.68. The molecule has 3 rings (SSSR count). The summed E-state index contributed by atoms with van der Waals surface area (Å²) in [6.07, 6.45) is -2.74. The van der Waals surface area contributed by atoms with E-state index in [1.807, 2.05) is 13.8 Å². The van der Waals surface area contributed by atoms with Gasteiger partial charge < -0.3 is 13.8 Å². The minimum atomic E-state index is -4.69. The van der Waals surface area contributed by atoms with E-state index < -0.39 is 26.8 Å². The van der Waals surface area contributed by atoms with Gasteiger partial charge in [0.05, 0.1) is 11.7 Å². The minimum absolute atomic E-state index is 0.0467. The molecule has 0 aromatic heterocycles. The van der Waals surface area contributed by atoms with E-state index in [-0.39, 0.29) is 30.2 Å². The van der Waals surface area contributed by atoms with Gasteiger partial charge in [-0.25, -0.2) is 0 Å². The summed E-state index contributed by atoms with van der Waals surface area (Å²) >= 11 is 0. The molecule has 6 nitrogen and oxygen atoms in total. The van der Waals surface area contributed by atoms with Crippen LogP contribution in [0, 0.1) is 5.92 Å². The van der Waals surface area contributed by atoms with Crippen molar-refractivity contribution in [3.05, 3.63) is 59.7 Å². The molecule has 0 bridgehead atoms. The van der Waals surface area contributed by atoms with E-state index >= 15 is 0 Å². The van der Waals surface area contributed by atoms with Gasteiger partial charge in [-0.2, -0.15) is 21.6 Å². The van der Waals surface area contributed by atoms with Gasteiger partial charge in [-0.15, -0.1) is 0 Å². The van der Waals surface area contributed by atoms with Crippen molar-refractivity contribution >= 4 is 16.0 Å². The molecule has 1 atom stereocenters. The summed E-state index contributed by atoms with van der Waals surface area (Å²) in [7, 11) is -4.54. The van der Waals surface area contributed by atoms with Gasteiger partial charge in [0, 0.05) is 31.7 Å². The summed E-state index contributed by atoms with van der Waals surface area (Å²) in [6, 6.07) is 9.66. The second-order valence-corrected chi connectivity index (χ2v) is 10.2. The molecule has 2 aromatic rings. The van der Waals surface area contributed by atoms with Crippen molar-refractivity contribution in [1.82, 2.24) is 4.90 Å². The van der Waals surface area contributed by atoms with Gasteiger partial charge >= 0.3 is 16.3 Å². The molecule has 1 aliphatic heterocycles. The van der Waals surface area contributed by atoms with Crippen LogP contribution in [0.4, 0.5) is 13.2 Å². The van der Waals surface area contributed by atoms with E-state index in [4.69, 9.17) is 8.92 Å². The Morgan fingerprint density at radius 1 is 1.18 bits per heavy atom. The molecular weight excluding hydrogens is 471 g/mol. The van der Waals surface area contributed by atoms with E-state index in [0.29, 0.717) is 31.2 Å². The molecule has 10 heteroatoms. The van der Waals surface area contributed by atoms with Crippen LogP contribution in [0.25, 0.3) is 0 Å². The number of ether oxygens (including phenoxy) is 1. The molecule has 0 unspecified atom stereocenters. The summed E-state index contributed by atoms with van der Waals surface area (Å²) in [6.45, 7) is 4.94. The fraction of sp³-hybridized carbons (Fsp3) is 0.458.